The maximum absolute atomic E-state index is 13.8. The van der Waals surface area contributed by atoms with Crippen LogP contribution in [0.3, 0.4) is 0 Å². The van der Waals surface area contributed by atoms with E-state index in [1.165, 1.54) is 18.9 Å². The topological polar surface area (TPSA) is 111 Å². The molecule has 3 aliphatic rings. The lowest BCUT2D eigenvalue weighted by molar-refractivity contribution is -0.193. The van der Waals surface area contributed by atoms with Crippen molar-refractivity contribution in [3.63, 3.8) is 0 Å². The highest BCUT2D eigenvalue weighted by Crippen LogP contribution is 2.40. The van der Waals surface area contributed by atoms with Gasteiger partial charge in [-0.05, 0) is 19.8 Å². The number of urea groups is 1. The van der Waals surface area contributed by atoms with Gasteiger partial charge >= 0.3 is 12.2 Å². The van der Waals surface area contributed by atoms with Gasteiger partial charge in [-0.3, -0.25) is 19.7 Å². The number of halogens is 5. The number of aromatic nitrogens is 1. The summed E-state index contributed by atoms with van der Waals surface area (Å²) in [5.41, 5.74) is -1.30. The molecule has 36 heavy (non-hydrogen) atoms. The van der Waals surface area contributed by atoms with Crippen LogP contribution in [0.15, 0.2) is 22.5 Å². The number of hydrogen-bond acceptors (Lipinski definition) is 6. The molecule has 1 aliphatic carbocycles. The summed E-state index contributed by atoms with van der Waals surface area (Å²) in [7, 11) is 1.50. The van der Waals surface area contributed by atoms with E-state index in [4.69, 9.17) is 4.74 Å². The zero-order valence-corrected chi connectivity index (χ0v) is 19.1. The van der Waals surface area contributed by atoms with E-state index in [-0.39, 0.29) is 23.0 Å². The number of anilines is 1. The Morgan fingerprint density at radius 3 is 2.61 bits per heavy atom. The molecule has 0 bridgehead atoms. The Hall–Kier alpha value is -3.76. The van der Waals surface area contributed by atoms with Gasteiger partial charge in [0.15, 0.2) is 5.75 Å². The molecule has 1 aromatic rings. The van der Waals surface area contributed by atoms with Gasteiger partial charge in [-0.15, -0.1) is 0 Å². The number of pyridine rings is 1. The van der Waals surface area contributed by atoms with Crippen LogP contribution >= 0.6 is 0 Å². The molecule has 0 spiro atoms. The molecule has 1 saturated carbocycles. The normalized spacial score (nSPS) is 21.6. The van der Waals surface area contributed by atoms with E-state index < -0.39 is 66.7 Å². The molecule has 192 valence electrons. The first kappa shape index (κ1) is 25.3. The predicted octanol–water partition coefficient (Wildman–Crippen LogP) is 3.08. The fraction of sp³-hybridized carbons (Fsp3) is 0.500. The molecule has 14 heteroatoms. The summed E-state index contributed by atoms with van der Waals surface area (Å²) >= 11 is 0. The van der Waals surface area contributed by atoms with Crippen LogP contribution in [0, 0.1) is 18.3 Å². The van der Waals surface area contributed by atoms with Gasteiger partial charge in [0.2, 0.25) is 6.10 Å². The van der Waals surface area contributed by atoms with Crippen LogP contribution in [0.5, 0.6) is 5.75 Å². The summed E-state index contributed by atoms with van der Waals surface area (Å²) in [6.45, 7) is 0.454. The fourth-order valence-corrected chi connectivity index (χ4v) is 3.96. The number of aryl methyl sites for hydroxylation is 1. The van der Waals surface area contributed by atoms with Crippen molar-refractivity contribution < 1.29 is 36.3 Å². The van der Waals surface area contributed by atoms with Crippen LogP contribution in [-0.4, -0.2) is 72.4 Å². The average molecular weight is 512 g/mol. The Labute approximate surface area is 202 Å². The van der Waals surface area contributed by atoms with Crippen LogP contribution in [0.25, 0.3) is 0 Å². The standard InChI is InChI=1S/C22H21F5N6O3/c1-10-14(6-28)18-15(8-29-10)33(9-16(36-18)22(25,26)27)21(35)31-11-5-13(19(23)24)17(30-7-11)20(34)32(2)12-3-4-12/h7-8,11-12,16,19H,3-5,9H2,1-2H3,(H,31,35). The second kappa shape index (κ2) is 9.36. The second-order valence-corrected chi connectivity index (χ2v) is 8.66. The van der Waals surface area contributed by atoms with Gasteiger partial charge in [0, 0.05) is 31.3 Å². The zero-order chi connectivity index (χ0) is 26.4. The minimum absolute atomic E-state index is 0.0323. The van der Waals surface area contributed by atoms with Crippen molar-refractivity contribution in [1.29, 1.82) is 5.26 Å². The molecule has 2 unspecified atom stereocenters. The van der Waals surface area contributed by atoms with Crippen molar-refractivity contribution in [2.75, 3.05) is 18.5 Å². The van der Waals surface area contributed by atoms with Gasteiger partial charge in [0.1, 0.15) is 23.0 Å². The van der Waals surface area contributed by atoms with Crippen LogP contribution in [0.2, 0.25) is 0 Å². The molecular formula is C22H21F5N6O3. The van der Waals surface area contributed by atoms with E-state index in [0.29, 0.717) is 4.90 Å². The minimum atomic E-state index is -4.86. The molecule has 4 rings (SSSR count). The van der Waals surface area contributed by atoms with E-state index >= 15 is 0 Å². The third-order valence-electron chi connectivity index (χ3n) is 6.14. The number of alkyl halides is 5. The Morgan fingerprint density at radius 1 is 1.33 bits per heavy atom. The highest BCUT2D eigenvalue weighted by Gasteiger charge is 2.48. The first-order valence-electron chi connectivity index (χ1n) is 11.0. The molecule has 3 heterocycles. The Kier molecular flexibility index (Phi) is 6.59. The van der Waals surface area contributed by atoms with Gasteiger partial charge in [0.25, 0.3) is 12.3 Å². The van der Waals surface area contributed by atoms with Gasteiger partial charge in [-0.1, -0.05) is 0 Å². The maximum Gasteiger partial charge on any atom is 0.427 e. The number of nitrogens with zero attached hydrogens (tertiary/aromatic N) is 5. The summed E-state index contributed by atoms with van der Waals surface area (Å²) < 4.78 is 73.1. The SMILES string of the molecule is Cc1ncc2c(c1C#N)OC(C(F)(F)F)CN2C(=O)NC1C=NC(C(=O)N(C)C2CC2)=C(C(F)F)C1. The molecule has 3 amide bonds. The Balaban J connectivity index is 1.58. The average Bonchev–Trinajstić information content (AvgIpc) is 3.67. The van der Waals surface area contributed by atoms with Crippen molar-refractivity contribution in [1.82, 2.24) is 15.2 Å². The number of amides is 3. The minimum Gasteiger partial charge on any atom is -0.475 e. The van der Waals surface area contributed by atoms with Gasteiger partial charge < -0.3 is 15.0 Å². The third kappa shape index (κ3) is 4.82. The van der Waals surface area contributed by atoms with Crippen molar-refractivity contribution in [2.24, 2.45) is 4.99 Å². The number of nitriles is 1. The molecule has 2 atom stereocenters. The quantitative estimate of drug-likeness (QED) is 0.624. The maximum atomic E-state index is 13.8. The van der Waals surface area contributed by atoms with E-state index in [1.54, 1.807) is 6.07 Å². The van der Waals surface area contributed by atoms with Crippen molar-refractivity contribution in [3.8, 4) is 11.8 Å². The third-order valence-corrected chi connectivity index (χ3v) is 6.14. The van der Waals surface area contributed by atoms with Crippen LogP contribution in [0.1, 0.15) is 30.5 Å². The molecule has 0 radical (unpaired) electrons. The first-order valence-corrected chi connectivity index (χ1v) is 11.0. The molecule has 1 fully saturated rings. The zero-order valence-electron chi connectivity index (χ0n) is 19.1. The highest BCUT2D eigenvalue weighted by atomic mass is 19.4. The van der Waals surface area contributed by atoms with Crippen LogP contribution in [-0.2, 0) is 4.79 Å². The van der Waals surface area contributed by atoms with Crippen molar-refractivity contribution >= 4 is 23.8 Å². The molecule has 0 aromatic carbocycles. The summed E-state index contributed by atoms with van der Waals surface area (Å²) in [5, 5.41) is 11.8. The number of carbonyl (C=O) groups excluding carboxylic acids is 2. The highest BCUT2D eigenvalue weighted by molar-refractivity contribution is 5.99. The van der Waals surface area contributed by atoms with E-state index in [2.05, 4.69) is 15.3 Å². The second-order valence-electron chi connectivity index (χ2n) is 8.66. The lowest BCUT2D eigenvalue weighted by atomic mass is 10.0. The first-order chi connectivity index (χ1) is 16.9. The number of carbonyl (C=O) groups is 2. The number of rotatable bonds is 4. The molecule has 1 N–H and O–H groups in total. The number of fused-ring (bicyclic) bond motifs is 1. The number of aliphatic imine (C=N–C) groups is 1. The Bertz CT molecular complexity index is 1190. The molecular weight excluding hydrogens is 491 g/mol. The van der Waals surface area contributed by atoms with E-state index in [0.717, 1.165) is 25.3 Å². The lowest BCUT2D eigenvalue weighted by Gasteiger charge is -2.36. The molecule has 0 saturated heterocycles. The Morgan fingerprint density at radius 2 is 2.03 bits per heavy atom. The summed E-state index contributed by atoms with van der Waals surface area (Å²) in [6.07, 6.45) is -7.03. The fourth-order valence-electron chi connectivity index (χ4n) is 3.96. The smallest absolute Gasteiger partial charge is 0.427 e. The number of hydrogen-bond donors (Lipinski definition) is 1. The van der Waals surface area contributed by atoms with Gasteiger partial charge in [-0.2, -0.15) is 18.4 Å². The summed E-state index contributed by atoms with van der Waals surface area (Å²) in [6, 6.07) is -0.475. The van der Waals surface area contributed by atoms with Gasteiger partial charge in [0.05, 0.1) is 24.5 Å². The molecule has 1 aromatic heterocycles. The van der Waals surface area contributed by atoms with E-state index in [1.807, 2.05) is 0 Å². The summed E-state index contributed by atoms with van der Waals surface area (Å²) in [5.74, 6) is -1.11. The predicted molar refractivity (Wildman–Crippen MR) is 116 cm³/mol. The van der Waals surface area contributed by atoms with Crippen molar-refractivity contribution in [3.05, 3.63) is 28.7 Å². The van der Waals surface area contributed by atoms with Crippen molar-refractivity contribution in [2.45, 2.75) is 57.0 Å². The number of nitrogens with one attached hydrogen (secondary N) is 1. The van der Waals surface area contributed by atoms with Gasteiger partial charge in [-0.25, -0.2) is 13.6 Å². The summed E-state index contributed by atoms with van der Waals surface area (Å²) in [4.78, 5) is 35.5. The number of likely N-dealkylation sites (N-methyl/N-ethyl adjacent to an activating group) is 1. The monoisotopic (exact) mass is 512 g/mol. The van der Waals surface area contributed by atoms with E-state index in [9.17, 15) is 36.8 Å². The van der Waals surface area contributed by atoms with Crippen LogP contribution < -0.4 is 15.0 Å². The number of ether oxygens (including phenoxy) is 1. The molecule has 9 nitrogen and oxygen atoms in total. The lowest BCUT2D eigenvalue weighted by Crippen LogP contribution is -2.55. The molecule has 2 aliphatic heterocycles. The largest absolute Gasteiger partial charge is 0.475 e. The van der Waals surface area contributed by atoms with Crippen LogP contribution in [0.4, 0.5) is 32.4 Å².